The summed E-state index contributed by atoms with van der Waals surface area (Å²) in [5.74, 6) is -0.154. The van der Waals surface area contributed by atoms with Gasteiger partial charge in [0.25, 0.3) is 5.91 Å². The molecule has 0 spiro atoms. The summed E-state index contributed by atoms with van der Waals surface area (Å²) in [5, 5.41) is 11.1. The predicted octanol–water partition coefficient (Wildman–Crippen LogP) is 1.57. The predicted molar refractivity (Wildman–Crippen MR) is 63.3 cm³/mol. The van der Waals surface area contributed by atoms with E-state index in [1.54, 1.807) is 0 Å². The molecule has 0 radical (unpaired) electrons. The molecule has 1 heterocycles. The number of aromatic nitrogens is 2. The lowest BCUT2D eigenvalue weighted by Crippen LogP contribution is -2.47. The molecule has 1 aliphatic rings. The Hall–Kier alpha value is -1.17. The minimum atomic E-state index is -0.154. The molecular formula is C10H16N4OS. The third kappa shape index (κ3) is 2.49. The molecule has 2 rings (SSSR count). The third-order valence-corrected chi connectivity index (χ3v) is 3.76. The molecule has 1 aliphatic carbocycles. The number of nitrogens with one attached hydrogen (secondary N) is 1. The Morgan fingerprint density at radius 2 is 2.06 bits per heavy atom. The van der Waals surface area contributed by atoms with Gasteiger partial charge in [0.05, 0.1) is 0 Å². The van der Waals surface area contributed by atoms with E-state index < -0.39 is 0 Å². The van der Waals surface area contributed by atoms with E-state index in [-0.39, 0.29) is 11.4 Å². The molecule has 0 aliphatic heterocycles. The average Bonchev–Trinajstić information content (AvgIpc) is 2.65. The maximum absolute atomic E-state index is 11.9. The van der Waals surface area contributed by atoms with Crippen LogP contribution in [-0.2, 0) is 0 Å². The Kier molecular flexibility index (Phi) is 3.09. The van der Waals surface area contributed by atoms with E-state index in [1.165, 1.54) is 19.3 Å². The highest BCUT2D eigenvalue weighted by Gasteiger charge is 2.29. The summed E-state index contributed by atoms with van der Waals surface area (Å²) in [5.41, 5.74) is 5.36. The fourth-order valence-electron chi connectivity index (χ4n) is 2.11. The van der Waals surface area contributed by atoms with Crippen molar-refractivity contribution in [2.24, 2.45) is 0 Å². The normalized spacial score (nSPS) is 19.3. The lowest BCUT2D eigenvalue weighted by molar-refractivity contribution is 0.0881. The summed E-state index contributed by atoms with van der Waals surface area (Å²) < 4.78 is 0. The number of hydrogen-bond donors (Lipinski definition) is 2. The van der Waals surface area contributed by atoms with Gasteiger partial charge < -0.3 is 11.1 Å². The van der Waals surface area contributed by atoms with E-state index in [1.807, 2.05) is 0 Å². The summed E-state index contributed by atoms with van der Waals surface area (Å²) in [6.45, 7) is 2.09. The number of rotatable bonds is 2. The van der Waals surface area contributed by atoms with Crippen molar-refractivity contribution in [1.82, 2.24) is 15.5 Å². The molecule has 0 aromatic carbocycles. The maximum Gasteiger partial charge on any atom is 0.282 e. The highest BCUT2D eigenvalue weighted by Crippen LogP contribution is 2.28. The van der Waals surface area contributed by atoms with Crippen molar-refractivity contribution in [1.29, 1.82) is 0 Å². The van der Waals surface area contributed by atoms with E-state index in [2.05, 4.69) is 22.4 Å². The fourth-order valence-corrected chi connectivity index (χ4v) is 2.62. The molecule has 0 saturated heterocycles. The largest absolute Gasteiger partial charge is 0.374 e. The van der Waals surface area contributed by atoms with Crippen LogP contribution >= 0.6 is 11.3 Å². The molecule has 1 aromatic rings. The quantitative estimate of drug-likeness (QED) is 0.822. The number of carbonyl (C=O) groups is 1. The first-order valence-electron chi connectivity index (χ1n) is 5.51. The molecule has 88 valence electrons. The fraction of sp³-hybridized carbons (Fsp3) is 0.700. The Balaban J connectivity index is 2.01. The minimum Gasteiger partial charge on any atom is -0.374 e. The molecule has 1 fully saturated rings. The molecule has 1 saturated carbocycles. The molecule has 0 bridgehead atoms. The van der Waals surface area contributed by atoms with Gasteiger partial charge in [-0.2, -0.15) is 0 Å². The monoisotopic (exact) mass is 240 g/mol. The van der Waals surface area contributed by atoms with Gasteiger partial charge in [-0.25, -0.2) is 0 Å². The van der Waals surface area contributed by atoms with Crippen LogP contribution in [0.5, 0.6) is 0 Å². The molecule has 16 heavy (non-hydrogen) atoms. The van der Waals surface area contributed by atoms with Crippen molar-refractivity contribution in [3.63, 3.8) is 0 Å². The zero-order valence-electron chi connectivity index (χ0n) is 9.32. The topological polar surface area (TPSA) is 80.9 Å². The second-order valence-corrected chi connectivity index (χ2v) is 5.53. The summed E-state index contributed by atoms with van der Waals surface area (Å²) in [6.07, 6.45) is 5.68. The minimum absolute atomic E-state index is 0.0875. The smallest absolute Gasteiger partial charge is 0.282 e. The molecule has 3 N–H and O–H groups in total. The van der Waals surface area contributed by atoms with Crippen LogP contribution in [0.3, 0.4) is 0 Å². The average molecular weight is 240 g/mol. The number of hydrogen-bond acceptors (Lipinski definition) is 5. The number of nitrogen functional groups attached to an aromatic ring is 1. The van der Waals surface area contributed by atoms with Gasteiger partial charge in [0, 0.05) is 5.54 Å². The number of amides is 1. The van der Waals surface area contributed by atoms with Gasteiger partial charge >= 0.3 is 0 Å². The third-order valence-electron chi connectivity index (χ3n) is 3.01. The summed E-state index contributed by atoms with van der Waals surface area (Å²) >= 11 is 1.13. The van der Waals surface area contributed by atoms with Gasteiger partial charge in [0.1, 0.15) is 0 Å². The molecule has 6 heteroatoms. The second kappa shape index (κ2) is 4.37. The van der Waals surface area contributed by atoms with Crippen molar-refractivity contribution in [3.05, 3.63) is 5.01 Å². The van der Waals surface area contributed by atoms with Gasteiger partial charge in [-0.15, -0.1) is 10.2 Å². The van der Waals surface area contributed by atoms with Crippen molar-refractivity contribution in [3.8, 4) is 0 Å². The van der Waals surface area contributed by atoms with Gasteiger partial charge in [-0.3, -0.25) is 4.79 Å². The Bertz CT molecular complexity index is 384. The first-order valence-corrected chi connectivity index (χ1v) is 6.32. The highest BCUT2D eigenvalue weighted by atomic mass is 32.1. The molecule has 0 unspecified atom stereocenters. The molecular weight excluding hydrogens is 224 g/mol. The number of anilines is 1. The van der Waals surface area contributed by atoms with Gasteiger partial charge in [0.15, 0.2) is 0 Å². The van der Waals surface area contributed by atoms with Crippen LogP contribution in [0.2, 0.25) is 0 Å². The van der Waals surface area contributed by atoms with Crippen LogP contribution in [-0.4, -0.2) is 21.6 Å². The van der Waals surface area contributed by atoms with Crippen molar-refractivity contribution >= 4 is 22.4 Å². The van der Waals surface area contributed by atoms with E-state index in [0.29, 0.717) is 10.1 Å². The van der Waals surface area contributed by atoms with E-state index in [9.17, 15) is 4.79 Å². The van der Waals surface area contributed by atoms with E-state index >= 15 is 0 Å². The second-order valence-electron chi connectivity index (χ2n) is 4.52. The van der Waals surface area contributed by atoms with Gasteiger partial charge in [-0.1, -0.05) is 30.6 Å². The Morgan fingerprint density at radius 1 is 1.38 bits per heavy atom. The SMILES string of the molecule is CC1(NC(=O)c2nnc(N)s2)CCCCC1. The van der Waals surface area contributed by atoms with Crippen LogP contribution in [0.25, 0.3) is 0 Å². The van der Waals surface area contributed by atoms with Crippen LogP contribution in [0, 0.1) is 0 Å². The zero-order chi connectivity index (χ0) is 11.6. The molecule has 0 atom stereocenters. The lowest BCUT2D eigenvalue weighted by Gasteiger charge is -2.34. The first-order chi connectivity index (χ1) is 7.59. The Labute approximate surface area is 98.4 Å². The van der Waals surface area contributed by atoms with E-state index in [0.717, 1.165) is 24.2 Å². The molecule has 5 nitrogen and oxygen atoms in total. The van der Waals surface area contributed by atoms with Crippen LogP contribution in [0.1, 0.15) is 48.8 Å². The summed E-state index contributed by atoms with van der Waals surface area (Å²) in [7, 11) is 0. The highest BCUT2D eigenvalue weighted by molar-refractivity contribution is 7.16. The van der Waals surface area contributed by atoms with Crippen LogP contribution in [0.4, 0.5) is 5.13 Å². The van der Waals surface area contributed by atoms with Gasteiger partial charge in [0.2, 0.25) is 10.1 Å². The van der Waals surface area contributed by atoms with Gasteiger partial charge in [-0.05, 0) is 19.8 Å². The molecule has 1 amide bonds. The zero-order valence-corrected chi connectivity index (χ0v) is 10.1. The van der Waals surface area contributed by atoms with Crippen molar-refractivity contribution < 1.29 is 4.79 Å². The number of carbonyl (C=O) groups excluding carboxylic acids is 1. The Morgan fingerprint density at radius 3 is 2.62 bits per heavy atom. The van der Waals surface area contributed by atoms with Crippen molar-refractivity contribution in [2.45, 2.75) is 44.6 Å². The number of nitrogens with two attached hydrogens (primary N) is 1. The summed E-state index contributed by atoms with van der Waals surface area (Å²) in [4.78, 5) is 11.9. The standard InChI is InChI=1S/C10H16N4OS/c1-10(5-3-2-4-6-10)12-7(15)8-13-14-9(11)16-8/h2-6H2,1H3,(H2,11,14)(H,12,15). The molecule has 1 aromatic heterocycles. The maximum atomic E-state index is 11.9. The van der Waals surface area contributed by atoms with Crippen molar-refractivity contribution in [2.75, 3.05) is 5.73 Å². The summed E-state index contributed by atoms with van der Waals surface area (Å²) in [6, 6.07) is 0. The van der Waals surface area contributed by atoms with Crippen LogP contribution in [0.15, 0.2) is 0 Å². The first kappa shape index (κ1) is 11.3. The van der Waals surface area contributed by atoms with E-state index in [4.69, 9.17) is 5.73 Å². The lowest BCUT2D eigenvalue weighted by atomic mass is 9.83. The number of nitrogens with zero attached hydrogens (tertiary/aromatic N) is 2. The van der Waals surface area contributed by atoms with Crippen LogP contribution < -0.4 is 11.1 Å².